The van der Waals surface area contributed by atoms with Gasteiger partial charge in [-0.1, -0.05) is 42.5 Å². The average molecular weight is 340 g/mol. The van der Waals surface area contributed by atoms with E-state index < -0.39 is 4.92 Å². The SMILES string of the molecule is O=C1SC(=Cc2cccc([N+](=O)[O-])c2)C(=O)N1Cc1ccccc1. The molecule has 2 aromatic carbocycles. The first-order chi connectivity index (χ1) is 11.5. The molecule has 0 aliphatic carbocycles. The largest absolute Gasteiger partial charge is 0.293 e. The highest BCUT2D eigenvalue weighted by Crippen LogP contribution is 2.33. The normalized spacial score (nSPS) is 16.0. The number of nitro benzene ring substituents is 1. The number of nitrogens with zero attached hydrogens (tertiary/aromatic N) is 2. The van der Waals surface area contributed by atoms with Gasteiger partial charge < -0.3 is 0 Å². The van der Waals surface area contributed by atoms with Crippen molar-refractivity contribution in [3.63, 3.8) is 0 Å². The third-order valence-electron chi connectivity index (χ3n) is 3.44. The second kappa shape index (κ2) is 6.67. The van der Waals surface area contributed by atoms with Crippen LogP contribution in [0.25, 0.3) is 6.08 Å². The minimum absolute atomic E-state index is 0.0627. The van der Waals surface area contributed by atoms with Crippen LogP contribution in [0.4, 0.5) is 10.5 Å². The van der Waals surface area contributed by atoms with E-state index in [1.807, 2.05) is 30.3 Å². The van der Waals surface area contributed by atoms with Crippen LogP contribution in [0.1, 0.15) is 11.1 Å². The molecule has 6 nitrogen and oxygen atoms in total. The maximum absolute atomic E-state index is 12.4. The molecular formula is C17H12N2O4S. The van der Waals surface area contributed by atoms with Crippen molar-refractivity contribution in [2.45, 2.75) is 6.54 Å². The number of carbonyl (C=O) groups is 2. The summed E-state index contributed by atoms with van der Waals surface area (Å²) >= 11 is 0.839. The molecule has 0 N–H and O–H groups in total. The van der Waals surface area contributed by atoms with E-state index in [2.05, 4.69) is 0 Å². The summed E-state index contributed by atoms with van der Waals surface area (Å²) < 4.78 is 0. The number of hydrogen-bond donors (Lipinski definition) is 0. The average Bonchev–Trinajstić information content (AvgIpc) is 2.83. The van der Waals surface area contributed by atoms with E-state index >= 15 is 0 Å². The fourth-order valence-electron chi connectivity index (χ4n) is 2.28. The van der Waals surface area contributed by atoms with E-state index in [9.17, 15) is 19.7 Å². The summed E-state index contributed by atoms with van der Waals surface area (Å²) in [7, 11) is 0. The third-order valence-corrected chi connectivity index (χ3v) is 4.34. The van der Waals surface area contributed by atoms with Gasteiger partial charge in [-0.2, -0.15) is 0 Å². The maximum atomic E-state index is 12.4. The topological polar surface area (TPSA) is 80.5 Å². The molecule has 0 spiro atoms. The highest BCUT2D eigenvalue weighted by molar-refractivity contribution is 8.18. The number of rotatable bonds is 4. The van der Waals surface area contributed by atoms with Crippen molar-refractivity contribution >= 4 is 34.7 Å². The Morgan fingerprint density at radius 2 is 1.83 bits per heavy atom. The molecule has 7 heteroatoms. The first-order valence-electron chi connectivity index (χ1n) is 7.08. The molecule has 1 fully saturated rings. The van der Waals surface area contributed by atoms with E-state index in [1.54, 1.807) is 6.07 Å². The first-order valence-corrected chi connectivity index (χ1v) is 7.90. The smallest absolute Gasteiger partial charge is 0.268 e. The molecule has 1 saturated heterocycles. The van der Waals surface area contributed by atoms with Gasteiger partial charge in [-0.05, 0) is 29.0 Å². The minimum Gasteiger partial charge on any atom is -0.268 e. The summed E-state index contributed by atoms with van der Waals surface area (Å²) in [4.78, 5) is 36.3. The molecular weight excluding hydrogens is 328 g/mol. The fourth-order valence-corrected chi connectivity index (χ4v) is 3.12. The second-order valence-corrected chi connectivity index (χ2v) is 6.10. The van der Waals surface area contributed by atoms with Gasteiger partial charge in [-0.25, -0.2) is 0 Å². The van der Waals surface area contributed by atoms with Gasteiger partial charge in [0.25, 0.3) is 16.8 Å². The predicted molar refractivity (Wildman–Crippen MR) is 91.1 cm³/mol. The minimum atomic E-state index is -0.502. The summed E-state index contributed by atoms with van der Waals surface area (Å²) in [5.74, 6) is -0.389. The van der Waals surface area contributed by atoms with E-state index in [4.69, 9.17) is 0 Å². The molecule has 0 aromatic heterocycles. The summed E-state index contributed by atoms with van der Waals surface area (Å²) in [6.07, 6.45) is 1.50. The van der Waals surface area contributed by atoms with Crippen LogP contribution < -0.4 is 0 Å². The van der Waals surface area contributed by atoms with Gasteiger partial charge in [-0.3, -0.25) is 24.6 Å². The molecule has 24 heavy (non-hydrogen) atoms. The number of non-ortho nitro benzene ring substituents is 1. The first kappa shape index (κ1) is 15.9. The van der Waals surface area contributed by atoms with Gasteiger partial charge in [-0.15, -0.1) is 0 Å². The van der Waals surface area contributed by atoms with Crippen LogP contribution in [0.2, 0.25) is 0 Å². The van der Waals surface area contributed by atoms with Crippen LogP contribution >= 0.6 is 11.8 Å². The van der Waals surface area contributed by atoms with E-state index in [0.717, 1.165) is 17.3 Å². The van der Waals surface area contributed by atoms with Gasteiger partial charge in [0.05, 0.1) is 16.4 Å². The van der Waals surface area contributed by atoms with Gasteiger partial charge in [0.2, 0.25) is 0 Å². The Morgan fingerprint density at radius 1 is 1.08 bits per heavy atom. The van der Waals surface area contributed by atoms with E-state index in [0.29, 0.717) is 5.56 Å². The fraction of sp³-hybridized carbons (Fsp3) is 0.0588. The summed E-state index contributed by atoms with van der Waals surface area (Å²) in [6, 6.07) is 15.2. The zero-order chi connectivity index (χ0) is 17.1. The number of benzene rings is 2. The monoisotopic (exact) mass is 340 g/mol. The molecule has 1 heterocycles. The van der Waals surface area contributed by atoms with Crippen molar-refractivity contribution in [1.29, 1.82) is 0 Å². The number of amides is 2. The van der Waals surface area contributed by atoms with Crippen molar-refractivity contribution in [2.24, 2.45) is 0 Å². The molecule has 0 bridgehead atoms. The van der Waals surface area contributed by atoms with Gasteiger partial charge >= 0.3 is 0 Å². The van der Waals surface area contributed by atoms with Crippen LogP contribution in [0.5, 0.6) is 0 Å². The Labute approximate surface area is 141 Å². The predicted octanol–water partition coefficient (Wildman–Crippen LogP) is 3.83. The van der Waals surface area contributed by atoms with Crippen molar-refractivity contribution in [2.75, 3.05) is 0 Å². The van der Waals surface area contributed by atoms with Gasteiger partial charge in [0.1, 0.15) is 0 Å². The summed E-state index contributed by atoms with van der Waals surface area (Å²) in [5.41, 5.74) is 1.30. The number of imide groups is 1. The quantitative estimate of drug-likeness (QED) is 0.480. The van der Waals surface area contributed by atoms with Crippen LogP contribution in [0.3, 0.4) is 0 Å². The molecule has 3 rings (SSSR count). The Morgan fingerprint density at radius 3 is 2.54 bits per heavy atom. The van der Waals surface area contributed by atoms with Crippen LogP contribution in [0, 0.1) is 10.1 Å². The second-order valence-electron chi connectivity index (χ2n) is 5.11. The summed E-state index contributed by atoms with van der Waals surface area (Å²) in [6.45, 7) is 0.206. The lowest BCUT2D eigenvalue weighted by Crippen LogP contribution is -2.27. The molecule has 0 saturated carbocycles. The molecule has 0 atom stereocenters. The lowest BCUT2D eigenvalue weighted by molar-refractivity contribution is -0.384. The Bertz CT molecular complexity index is 849. The van der Waals surface area contributed by atoms with E-state index in [-0.39, 0.29) is 28.3 Å². The van der Waals surface area contributed by atoms with Crippen molar-refractivity contribution in [1.82, 2.24) is 4.90 Å². The van der Waals surface area contributed by atoms with Crippen LogP contribution in [-0.4, -0.2) is 21.0 Å². The number of carbonyl (C=O) groups excluding carboxylic acids is 2. The van der Waals surface area contributed by atoms with Crippen LogP contribution in [-0.2, 0) is 11.3 Å². The molecule has 2 amide bonds. The van der Waals surface area contributed by atoms with E-state index in [1.165, 1.54) is 29.2 Å². The number of hydrogen-bond acceptors (Lipinski definition) is 5. The zero-order valence-electron chi connectivity index (χ0n) is 12.4. The van der Waals surface area contributed by atoms with Crippen LogP contribution in [0.15, 0.2) is 59.5 Å². The lowest BCUT2D eigenvalue weighted by atomic mass is 10.2. The van der Waals surface area contributed by atoms with Crippen molar-refractivity contribution < 1.29 is 14.5 Å². The van der Waals surface area contributed by atoms with Gasteiger partial charge in [0.15, 0.2) is 0 Å². The summed E-state index contributed by atoms with van der Waals surface area (Å²) in [5, 5.41) is 10.5. The third kappa shape index (κ3) is 3.36. The molecule has 120 valence electrons. The molecule has 1 aliphatic heterocycles. The molecule has 1 aliphatic rings. The highest BCUT2D eigenvalue weighted by Gasteiger charge is 2.34. The van der Waals surface area contributed by atoms with Gasteiger partial charge in [0, 0.05) is 12.1 Å². The lowest BCUT2D eigenvalue weighted by Gasteiger charge is -2.12. The molecule has 0 radical (unpaired) electrons. The highest BCUT2D eigenvalue weighted by atomic mass is 32.2. The zero-order valence-corrected chi connectivity index (χ0v) is 13.2. The Kier molecular flexibility index (Phi) is 4.43. The molecule has 2 aromatic rings. The standard InChI is InChI=1S/C17H12N2O4S/c20-16-15(10-13-7-4-8-14(9-13)19(22)23)24-17(21)18(16)11-12-5-2-1-3-6-12/h1-10H,11H2. The molecule has 0 unspecified atom stereocenters. The van der Waals surface area contributed by atoms with Crippen molar-refractivity contribution in [3.05, 3.63) is 80.7 Å². The number of nitro groups is 1. The number of thioether (sulfide) groups is 1. The Balaban J connectivity index is 1.83. The maximum Gasteiger partial charge on any atom is 0.293 e. The Hall–Kier alpha value is -2.93. The van der Waals surface area contributed by atoms with Crippen molar-refractivity contribution in [3.8, 4) is 0 Å².